The third-order valence-electron chi connectivity index (χ3n) is 6.71. The Balaban J connectivity index is 1.66. The second-order valence-electron chi connectivity index (χ2n) is 9.02. The van der Waals surface area contributed by atoms with Crippen molar-refractivity contribution < 1.29 is 9.53 Å². The molecule has 1 aliphatic heterocycles. The molecule has 0 saturated heterocycles. The number of amides is 1. The number of hydrogen-bond acceptors (Lipinski definition) is 5. The number of carbonyl (C=O) groups is 1. The number of nitrogens with zero attached hydrogens (tertiary/aromatic N) is 3. The summed E-state index contributed by atoms with van der Waals surface area (Å²) in [5.41, 5.74) is 4.32. The van der Waals surface area contributed by atoms with E-state index in [0.29, 0.717) is 23.4 Å². The molecule has 2 aliphatic rings. The smallest absolute Gasteiger partial charge is 0.262 e. The minimum Gasteiger partial charge on any atom is -0.482 e. The van der Waals surface area contributed by atoms with Crippen molar-refractivity contribution in [2.75, 3.05) is 18.5 Å². The van der Waals surface area contributed by atoms with Gasteiger partial charge in [-0.2, -0.15) is 5.10 Å². The van der Waals surface area contributed by atoms with Gasteiger partial charge in [0.15, 0.2) is 6.61 Å². The van der Waals surface area contributed by atoms with E-state index in [1.165, 1.54) is 25.0 Å². The second kappa shape index (κ2) is 8.99. The summed E-state index contributed by atoms with van der Waals surface area (Å²) >= 11 is 1.60. The van der Waals surface area contributed by atoms with Gasteiger partial charge >= 0.3 is 0 Å². The lowest BCUT2D eigenvalue weighted by Gasteiger charge is -2.36. The molecule has 7 heteroatoms. The molecule has 1 aromatic carbocycles. The van der Waals surface area contributed by atoms with Gasteiger partial charge in [0.1, 0.15) is 5.75 Å². The number of carbonyl (C=O) groups excluding carboxylic acids is 1. The van der Waals surface area contributed by atoms with Crippen LogP contribution in [-0.4, -0.2) is 29.4 Å². The third-order valence-corrected chi connectivity index (χ3v) is 7.56. The highest BCUT2D eigenvalue weighted by Gasteiger charge is 2.30. The van der Waals surface area contributed by atoms with Crippen molar-refractivity contribution >= 4 is 28.6 Å². The first-order valence-electron chi connectivity index (χ1n) is 11.3. The molecule has 31 heavy (non-hydrogen) atoms. The fourth-order valence-electron chi connectivity index (χ4n) is 4.34. The zero-order valence-corrected chi connectivity index (χ0v) is 19.7. The topological polar surface area (TPSA) is 68.0 Å². The van der Waals surface area contributed by atoms with Crippen molar-refractivity contribution in [1.29, 1.82) is 0 Å². The van der Waals surface area contributed by atoms with Crippen molar-refractivity contribution in [3.8, 4) is 17.0 Å². The van der Waals surface area contributed by atoms with Gasteiger partial charge in [0, 0.05) is 23.2 Å². The third kappa shape index (κ3) is 4.61. The molecule has 2 heterocycles. The number of rotatable bonds is 5. The first-order chi connectivity index (χ1) is 14.9. The maximum Gasteiger partial charge on any atom is 0.262 e. The van der Waals surface area contributed by atoms with Gasteiger partial charge in [0.25, 0.3) is 5.91 Å². The molecule has 166 valence electrons. The van der Waals surface area contributed by atoms with Crippen LogP contribution in [0.3, 0.4) is 0 Å². The number of benzene rings is 1. The Labute approximate surface area is 188 Å². The lowest BCUT2D eigenvalue weighted by atomic mass is 9.69. The van der Waals surface area contributed by atoms with Crippen molar-refractivity contribution in [3.63, 3.8) is 0 Å². The van der Waals surface area contributed by atoms with Gasteiger partial charge in [0.2, 0.25) is 4.80 Å². The van der Waals surface area contributed by atoms with Crippen molar-refractivity contribution in [2.45, 2.75) is 59.8 Å². The van der Waals surface area contributed by atoms with E-state index in [2.05, 4.69) is 36.5 Å². The molecule has 1 saturated carbocycles. The minimum atomic E-state index is -0.128. The Morgan fingerprint density at radius 1 is 1.26 bits per heavy atom. The molecule has 0 atom stereocenters. The second-order valence-corrected chi connectivity index (χ2v) is 9.86. The van der Waals surface area contributed by atoms with Gasteiger partial charge in [-0.1, -0.05) is 27.2 Å². The molecule has 0 bridgehead atoms. The summed E-state index contributed by atoms with van der Waals surface area (Å²) in [6.45, 7) is 9.90. The van der Waals surface area contributed by atoms with E-state index in [1.807, 2.05) is 29.8 Å². The Bertz CT molecular complexity index is 1050. The van der Waals surface area contributed by atoms with Crippen LogP contribution in [0.4, 0.5) is 5.69 Å². The SMILES string of the molecule is CCN=c1scc(-c2ccc3c(c2)NC(=O)CO3)n1N=C1CCC(C(C)(C)CC)CC1. The largest absolute Gasteiger partial charge is 0.482 e. The highest BCUT2D eigenvalue weighted by molar-refractivity contribution is 7.07. The molecular weight excluding hydrogens is 408 g/mol. The number of hydrogen-bond donors (Lipinski definition) is 1. The van der Waals surface area contributed by atoms with E-state index in [1.54, 1.807) is 11.3 Å². The maximum absolute atomic E-state index is 11.7. The lowest BCUT2D eigenvalue weighted by Crippen LogP contribution is -2.28. The molecule has 4 rings (SSSR count). The van der Waals surface area contributed by atoms with Crippen LogP contribution in [0.5, 0.6) is 5.75 Å². The highest BCUT2D eigenvalue weighted by atomic mass is 32.1. The summed E-state index contributed by atoms with van der Waals surface area (Å²) in [7, 11) is 0. The number of thiazole rings is 1. The van der Waals surface area contributed by atoms with Crippen LogP contribution >= 0.6 is 11.3 Å². The molecule has 0 radical (unpaired) electrons. The van der Waals surface area contributed by atoms with E-state index in [-0.39, 0.29) is 12.5 Å². The molecule has 1 aliphatic carbocycles. The summed E-state index contributed by atoms with van der Waals surface area (Å²) < 4.78 is 7.49. The Morgan fingerprint density at radius 3 is 2.74 bits per heavy atom. The predicted molar refractivity (Wildman–Crippen MR) is 127 cm³/mol. The monoisotopic (exact) mass is 440 g/mol. The summed E-state index contributed by atoms with van der Waals surface area (Å²) in [4.78, 5) is 17.3. The van der Waals surface area contributed by atoms with E-state index in [9.17, 15) is 4.79 Å². The number of nitrogens with one attached hydrogen (secondary N) is 1. The molecule has 1 aromatic heterocycles. The van der Waals surface area contributed by atoms with Crippen LogP contribution in [0.25, 0.3) is 11.3 Å². The van der Waals surface area contributed by atoms with Crippen LogP contribution in [0.2, 0.25) is 0 Å². The maximum atomic E-state index is 11.7. The van der Waals surface area contributed by atoms with Gasteiger partial charge in [-0.05, 0) is 62.1 Å². The Morgan fingerprint density at radius 2 is 2.03 bits per heavy atom. The summed E-state index contributed by atoms with van der Waals surface area (Å²) in [6.07, 6.45) is 5.68. The van der Waals surface area contributed by atoms with Crippen LogP contribution in [0.1, 0.15) is 59.8 Å². The first-order valence-corrected chi connectivity index (χ1v) is 12.1. The Kier molecular flexibility index (Phi) is 6.32. The molecule has 0 unspecified atom stereocenters. The number of aromatic nitrogens is 1. The first kappa shape index (κ1) is 21.8. The van der Waals surface area contributed by atoms with Crippen LogP contribution in [0.15, 0.2) is 33.7 Å². The van der Waals surface area contributed by atoms with Gasteiger partial charge in [0.05, 0.1) is 11.4 Å². The van der Waals surface area contributed by atoms with E-state index in [0.717, 1.165) is 34.8 Å². The highest BCUT2D eigenvalue weighted by Crippen LogP contribution is 2.40. The summed E-state index contributed by atoms with van der Waals surface area (Å²) in [6, 6.07) is 5.89. The van der Waals surface area contributed by atoms with Crippen molar-refractivity contribution in [3.05, 3.63) is 28.4 Å². The summed E-state index contributed by atoms with van der Waals surface area (Å²) in [5.74, 6) is 1.33. The average Bonchev–Trinajstić information content (AvgIpc) is 3.16. The molecular formula is C24H32N4O2S. The quantitative estimate of drug-likeness (QED) is 0.686. The molecule has 6 nitrogen and oxygen atoms in total. The molecule has 1 fully saturated rings. The number of anilines is 1. The average molecular weight is 441 g/mol. The number of fused-ring (bicyclic) bond motifs is 1. The minimum absolute atomic E-state index is 0.0633. The fourth-order valence-corrected chi connectivity index (χ4v) is 5.24. The van der Waals surface area contributed by atoms with Gasteiger partial charge in [-0.15, -0.1) is 11.3 Å². The molecule has 2 aromatic rings. The fraction of sp³-hybridized carbons (Fsp3) is 0.542. The standard InChI is InChI=1S/C24H32N4O2S/c1-5-24(3,4)17-8-10-18(11-9-17)27-28-20(15-31-23(28)25-6-2)16-7-12-21-19(13-16)26-22(29)14-30-21/h7,12-13,15,17H,5-6,8-11,14H2,1-4H3,(H,26,29). The zero-order valence-electron chi connectivity index (χ0n) is 18.9. The van der Waals surface area contributed by atoms with Gasteiger partial charge < -0.3 is 10.1 Å². The van der Waals surface area contributed by atoms with Gasteiger partial charge in [-0.25, -0.2) is 4.68 Å². The van der Waals surface area contributed by atoms with E-state index < -0.39 is 0 Å². The van der Waals surface area contributed by atoms with Crippen molar-refractivity contribution in [2.24, 2.45) is 21.4 Å². The van der Waals surface area contributed by atoms with E-state index >= 15 is 0 Å². The lowest BCUT2D eigenvalue weighted by molar-refractivity contribution is -0.118. The summed E-state index contributed by atoms with van der Waals surface area (Å²) in [5, 5.41) is 10.1. The van der Waals surface area contributed by atoms with Crippen LogP contribution in [-0.2, 0) is 4.79 Å². The molecule has 1 amide bonds. The van der Waals surface area contributed by atoms with Gasteiger partial charge in [-0.3, -0.25) is 9.79 Å². The Hall–Kier alpha value is -2.41. The predicted octanol–water partition coefficient (Wildman–Crippen LogP) is 5.30. The van der Waals surface area contributed by atoms with Crippen molar-refractivity contribution in [1.82, 2.24) is 4.68 Å². The van der Waals surface area contributed by atoms with Crippen LogP contribution in [0, 0.1) is 11.3 Å². The molecule has 0 spiro atoms. The van der Waals surface area contributed by atoms with E-state index in [4.69, 9.17) is 9.84 Å². The molecule has 1 N–H and O–H groups in total. The number of ether oxygens (including phenoxy) is 1. The van der Waals surface area contributed by atoms with Crippen LogP contribution < -0.4 is 14.9 Å². The zero-order chi connectivity index (χ0) is 22.0. The normalized spacial score (nSPS) is 19.6.